The number of amides is 1. The highest BCUT2D eigenvalue weighted by atomic mass is 16.9. The summed E-state index contributed by atoms with van der Waals surface area (Å²) >= 11 is 0. The molecule has 4 atom stereocenters. The van der Waals surface area contributed by atoms with Gasteiger partial charge in [0.25, 0.3) is 5.09 Å². The summed E-state index contributed by atoms with van der Waals surface area (Å²) in [5.74, 6) is -0.736. The third kappa shape index (κ3) is 14.0. The number of rotatable bonds is 21. The molecule has 0 unspecified atom stereocenters. The van der Waals surface area contributed by atoms with Gasteiger partial charge in [-0.15, -0.1) is 10.1 Å². The van der Waals surface area contributed by atoms with Crippen molar-refractivity contribution in [2.24, 2.45) is 11.8 Å². The second-order valence-corrected chi connectivity index (χ2v) is 10.9. The summed E-state index contributed by atoms with van der Waals surface area (Å²) in [5.41, 5.74) is 0.460. The number of Topliss-reactive ketones (excluding diaryl/α,β-unsaturated/α-hetero) is 1. The van der Waals surface area contributed by atoms with Gasteiger partial charge in [-0.3, -0.25) is 9.59 Å². The summed E-state index contributed by atoms with van der Waals surface area (Å²) in [7, 11) is 0. The van der Waals surface area contributed by atoms with E-state index in [9.17, 15) is 34.7 Å². The van der Waals surface area contributed by atoms with Gasteiger partial charge in [0, 0.05) is 19.3 Å². The molecule has 42 heavy (non-hydrogen) atoms. The number of aliphatic hydroxyl groups excluding tert-OH is 2. The van der Waals surface area contributed by atoms with Crippen molar-refractivity contribution in [1.82, 2.24) is 5.32 Å². The molecule has 2 rings (SSSR count). The smallest absolute Gasteiger partial charge is 0.330 e. The Kier molecular flexibility index (Phi) is 16.4. The van der Waals surface area contributed by atoms with Gasteiger partial charge in [0.15, 0.2) is 0 Å². The molecular weight excluding hydrogens is 544 g/mol. The van der Waals surface area contributed by atoms with Gasteiger partial charge in [-0.05, 0) is 68.1 Å². The molecule has 0 heterocycles. The number of benzene rings is 1. The van der Waals surface area contributed by atoms with Crippen molar-refractivity contribution in [3.63, 3.8) is 0 Å². The Labute approximate surface area is 247 Å². The Morgan fingerprint density at radius 2 is 1.79 bits per heavy atom. The average Bonchev–Trinajstić information content (AvgIpc) is 3.22. The molecule has 3 N–H and O–H groups in total. The summed E-state index contributed by atoms with van der Waals surface area (Å²) < 4.78 is 5.16. The first-order valence-corrected chi connectivity index (χ1v) is 15.1. The highest BCUT2D eigenvalue weighted by Gasteiger charge is 2.40. The Balaban J connectivity index is 1.62. The molecule has 0 aromatic heterocycles. The van der Waals surface area contributed by atoms with Crippen molar-refractivity contribution in [3.8, 4) is 5.75 Å². The Hall–Kier alpha value is -3.31. The van der Waals surface area contributed by atoms with Crippen molar-refractivity contribution in [2.45, 2.75) is 109 Å². The summed E-state index contributed by atoms with van der Waals surface area (Å²) in [4.78, 5) is 51.0. The van der Waals surface area contributed by atoms with Crippen LogP contribution in [0.2, 0.25) is 0 Å². The van der Waals surface area contributed by atoms with Crippen molar-refractivity contribution >= 4 is 17.7 Å². The first kappa shape index (κ1) is 34.9. The number of carbonyl (C=O) groups excluding carboxylic acids is 3. The first-order chi connectivity index (χ1) is 20.2. The van der Waals surface area contributed by atoms with E-state index in [0.29, 0.717) is 50.5 Å². The molecule has 1 amide bonds. The number of allylic oxidation sites excluding steroid dienone is 2. The molecular formula is C31H46N2O9. The molecule has 1 saturated carbocycles. The van der Waals surface area contributed by atoms with Gasteiger partial charge in [-0.2, -0.15) is 0 Å². The average molecular weight is 591 g/mol. The van der Waals surface area contributed by atoms with Crippen LogP contribution in [0.15, 0.2) is 36.4 Å². The molecule has 0 bridgehead atoms. The molecule has 11 nitrogen and oxygen atoms in total. The van der Waals surface area contributed by atoms with Gasteiger partial charge in [-0.1, -0.05) is 56.9 Å². The van der Waals surface area contributed by atoms with Crippen LogP contribution < -0.4 is 10.1 Å². The van der Waals surface area contributed by atoms with E-state index >= 15 is 0 Å². The number of esters is 1. The zero-order chi connectivity index (χ0) is 30.7. The van der Waals surface area contributed by atoms with Crippen LogP contribution in [0, 0.1) is 22.0 Å². The molecule has 1 aromatic carbocycles. The van der Waals surface area contributed by atoms with Gasteiger partial charge < -0.3 is 25.1 Å². The summed E-state index contributed by atoms with van der Waals surface area (Å²) in [6, 6.07) is 6.13. The van der Waals surface area contributed by atoms with Crippen LogP contribution in [0.25, 0.3) is 0 Å². The molecule has 0 aliphatic heterocycles. The van der Waals surface area contributed by atoms with Crippen molar-refractivity contribution in [2.75, 3.05) is 6.54 Å². The maximum absolute atomic E-state index is 12.3. The number of nitrogens with zero attached hydrogens (tertiary/aromatic N) is 1. The Bertz CT molecular complexity index is 1030. The highest BCUT2D eigenvalue weighted by Crippen LogP contribution is 2.38. The minimum absolute atomic E-state index is 0.0933. The Morgan fingerprint density at radius 3 is 2.55 bits per heavy atom. The van der Waals surface area contributed by atoms with Crippen LogP contribution in [-0.2, 0) is 25.8 Å². The van der Waals surface area contributed by atoms with Crippen LogP contribution >= 0.6 is 0 Å². The lowest BCUT2D eigenvalue weighted by Crippen LogP contribution is -2.31. The van der Waals surface area contributed by atoms with Crippen molar-refractivity contribution in [1.29, 1.82) is 0 Å². The number of aliphatic hydroxyl groups is 2. The maximum Gasteiger partial charge on any atom is 0.330 e. The predicted octanol–water partition coefficient (Wildman–Crippen LogP) is 4.60. The van der Waals surface area contributed by atoms with E-state index < -0.39 is 23.3 Å². The highest BCUT2D eigenvalue weighted by molar-refractivity contribution is 5.82. The fraction of sp³-hybridized carbons (Fsp3) is 0.645. The number of ether oxygens (including phenoxy) is 1. The fourth-order valence-corrected chi connectivity index (χ4v) is 5.29. The van der Waals surface area contributed by atoms with Crippen LogP contribution in [0.3, 0.4) is 0 Å². The molecule has 234 valence electrons. The molecule has 1 aromatic rings. The van der Waals surface area contributed by atoms with E-state index in [2.05, 4.69) is 17.1 Å². The van der Waals surface area contributed by atoms with E-state index in [1.165, 1.54) is 25.0 Å². The number of carbonyl (C=O) groups is 3. The summed E-state index contributed by atoms with van der Waals surface area (Å²) in [6.45, 7) is 1.58. The van der Waals surface area contributed by atoms with E-state index in [0.717, 1.165) is 19.3 Å². The van der Waals surface area contributed by atoms with E-state index in [1.54, 1.807) is 12.1 Å². The monoisotopic (exact) mass is 590 g/mol. The topological polar surface area (TPSA) is 165 Å². The molecule has 11 heteroatoms. The lowest BCUT2D eigenvalue weighted by molar-refractivity contribution is -0.763. The summed E-state index contributed by atoms with van der Waals surface area (Å²) in [6.07, 6.45) is 12.2. The van der Waals surface area contributed by atoms with E-state index in [1.807, 2.05) is 12.2 Å². The number of ketones is 1. The number of unbranched alkanes of at least 4 members (excludes halogenated alkanes) is 5. The maximum atomic E-state index is 12.3. The third-order valence-corrected chi connectivity index (χ3v) is 7.58. The van der Waals surface area contributed by atoms with Crippen LogP contribution in [0.1, 0.15) is 96.0 Å². The molecule has 1 fully saturated rings. The standard InChI is InChI=1S/C31H46N2O9/c1-2-3-4-5-8-13-24(34)17-18-27-26(28(35)20-29(27)36)15-9-6-7-10-16-30(37)32-21-31(38)42-25-14-11-12-23(19-25)22-41-33(39)40/h6,9,11-12,14,19,26-29,35-36H,2-5,7-8,10,13,15-18,20-22H2,1H3,(H,32,37)/b9-6-/t26-,27-,28+,29-/m1/s1. The molecule has 1 aliphatic rings. The number of hydrogen-bond acceptors (Lipinski definition) is 9. The van der Waals surface area contributed by atoms with Gasteiger partial charge in [0.2, 0.25) is 5.91 Å². The van der Waals surface area contributed by atoms with Gasteiger partial charge in [0.05, 0.1) is 12.2 Å². The van der Waals surface area contributed by atoms with Crippen LogP contribution in [0.4, 0.5) is 0 Å². The van der Waals surface area contributed by atoms with Crippen LogP contribution in [0.5, 0.6) is 5.75 Å². The fourth-order valence-electron chi connectivity index (χ4n) is 5.29. The van der Waals surface area contributed by atoms with Gasteiger partial charge in [-0.25, -0.2) is 4.79 Å². The van der Waals surface area contributed by atoms with Crippen molar-refractivity contribution < 1.29 is 39.3 Å². The van der Waals surface area contributed by atoms with Crippen LogP contribution in [-0.4, -0.2) is 51.7 Å². The normalized spacial score (nSPS) is 20.0. The third-order valence-electron chi connectivity index (χ3n) is 7.58. The first-order valence-electron chi connectivity index (χ1n) is 15.1. The zero-order valence-corrected chi connectivity index (χ0v) is 24.6. The van der Waals surface area contributed by atoms with Crippen molar-refractivity contribution in [3.05, 3.63) is 52.1 Å². The largest absolute Gasteiger partial charge is 0.425 e. The van der Waals surface area contributed by atoms with Gasteiger partial charge in [0.1, 0.15) is 24.7 Å². The quantitative estimate of drug-likeness (QED) is 0.0463. The SMILES string of the molecule is CCCCCCCC(=O)CC[C@@H]1[C@@H](C/C=C\CCCC(=O)NCC(=O)Oc2cccc(CO[N+](=O)[O-])c2)[C@@H](O)C[C@H]1O. The lowest BCUT2D eigenvalue weighted by atomic mass is 9.86. The molecule has 0 spiro atoms. The predicted molar refractivity (Wildman–Crippen MR) is 156 cm³/mol. The zero-order valence-electron chi connectivity index (χ0n) is 24.6. The second kappa shape index (κ2) is 19.7. The number of hydrogen-bond donors (Lipinski definition) is 3. The van der Waals surface area contributed by atoms with E-state index in [4.69, 9.17) is 4.74 Å². The second-order valence-electron chi connectivity index (χ2n) is 10.9. The molecule has 0 saturated heterocycles. The molecule has 1 aliphatic carbocycles. The van der Waals surface area contributed by atoms with Gasteiger partial charge >= 0.3 is 5.97 Å². The summed E-state index contributed by atoms with van der Waals surface area (Å²) in [5, 5.41) is 32.8. The minimum atomic E-state index is -0.909. The molecule has 0 radical (unpaired) electrons. The van der Waals surface area contributed by atoms with E-state index in [-0.39, 0.29) is 48.8 Å². The Morgan fingerprint density at radius 1 is 1.02 bits per heavy atom. The lowest BCUT2D eigenvalue weighted by Gasteiger charge is -2.22. The minimum Gasteiger partial charge on any atom is -0.425 e. The number of nitrogens with one attached hydrogen (secondary N) is 1.